The Hall–Kier alpha value is -2.61. The number of nitrogens with two attached hydrogens (primary N) is 1. The van der Waals surface area contributed by atoms with Gasteiger partial charge in [-0.1, -0.05) is 30.3 Å². The molecule has 0 amide bonds. The molecule has 0 radical (unpaired) electrons. The van der Waals surface area contributed by atoms with Gasteiger partial charge in [0.2, 0.25) is 0 Å². The van der Waals surface area contributed by atoms with E-state index in [0.717, 1.165) is 34.9 Å². The maximum absolute atomic E-state index is 5.98. The van der Waals surface area contributed by atoms with Crippen LogP contribution in [0.1, 0.15) is 11.3 Å². The van der Waals surface area contributed by atoms with Crippen LogP contribution in [0.25, 0.3) is 0 Å². The molecule has 1 heterocycles. The fraction of sp³-hybridized carbons (Fsp3) is 0.143. The minimum Gasteiger partial charge on any atom is -0.457 e. The zero-order chi connectivity index (χ0) is 18.2. The first-order valence-corrected chi connectivity index (χ1v) is 8.50. The Labute approximate surface area is 176 Å². The van der Waals surface area contributed by atoms with Crippen LogP contribution in [-0.2, 0) is 6.42 Å². The minimum absolute atomic E-state index is 0. The maximum Gasteiger partial charge on any atom is 0.193 e. The van der Waals surface area contributed by atoms with E-state index in [2.05, 4.69) is 21.4 Å². The number of para-hydroxylation sites is 1. The van der Waals surface area contributed by atoms with Crippen LogP contribution < -0.4 is 15.8 Å². The number of aliphatic imine (C=N–C) groups is 1. The number of anilines is 1. The number of benzene rings is 2. The highest BCUT2D eigenvalue weighted by atomic mass is 127. The summed E-state index contributed by atoms with van der Waals surface area (Å²) in [6, 6.07) is 21.3. The summed E-state index contributed by atoms with van der Waals surface area (Å²) in [7, 11) is 0. The Morgan fingerprint density at radius 3 is 2.56 bits per heavy atom. The molecule has 5 nitrogen and oxygen atoms in total. The first-order valence-electron chi connectivity index (χ1n) is 8.50. The molecular formula is C21H23IN4O. The molecule has 0 spiro atoms. The zero-order valence-electron chi connectivity index (χ0n) is 15.1. The number of rotatable bonds is 6. The summed E-state index contributed by atoms with van der Waals surface area (Å²) in [5, 5.41) is 3.10. The first kappa shape index (κ1) is 20.7. The number of hydrogen-bond donors (Lipinski definition) is 2. The van der Waals surface area contributed by atoms with Crippen molar-refractivity contribution >= 4 is 35.6 Å². The van der Waals surface area contributed by atoms with Gasteiger partial charge in [-0.3, -0.25) is 9.98 Å². The third-order valence-corrected chi connectivity index (χ3v) is 3.74. The fourth-order valence-corrected chi connectivity index (χ4v) is 2.40. The van der Waals surface area contributed by atoms with Crippen LogP contribution in [0.4, 0.5) is 5.69 Å². The molecule has 0 atom stereocenters. The molecule has 1 aromatic heterocycles. The number of aromatic nitrogens is 1. The lowest BCUT2D eigenvalue weighted by Gasteiger charge is -2.09. The van der Waals surface area contributed by atoms with Gasteiger partial charge in [-0.15, -0.1) is 24.0 Å². The number of ether oxygens (including phenoxy) is 1. The number of nitrogens with zero attached hydrogens (tertiary/aromatic N) is 2. The third kappa shape index (κ3) is 6.90. The highest BCUT2D eigenvalue weighted by Gasteiger charge is 2.00. The van der Waals surface area contributed by atoms with Crippen molar-refractivity contribution in [3.05, 3.63) is 84.2 Å². The van der Waals surface area contributed by atoms with E-state index < -0.39 is 0 Å². The number of pyridine rings is 1. The van der Waals surface area contributed by atoms with E-state index in [-0.39, 0.29) is 24.0 Å². The lowest BCUT2D eigenvalue weighted by molar-refractivity contribution is 0.483. The van der Waals surface area contributed by atoms with Crippen LogP contribution in [0.3, 0.4) is 0 Å². The second-order valence-corrected chi connectivity index (χ2v) is 5.89. The predicted molar refractivity (Wildman–Crippen MR) is 121 cm³/mol. The Balaban J connectivity index is 0.00000261. The topological polar surface area (TPSA) is 72.5 Å². The zero-order valence-corrected chi connectivity index (χ0v) is 17.5. The molecule has 0 saturated carbocycles. The standard InChI is InChI=1S/C21H22N4O.HI/c1-16-10-11-17(15-24-16)12-13-23-21(22)25-18-6-5-9-20(14-18)26-19-7-3-2-4-8-19;/h2-11,14-15H,12-13H2,1H3,(H3,22,23,25);1H. The Bertz CT molecular complexity index is 867. The molecule has 3 N–H and O–H groups in total. The largest absolute Gasteiger partial charge is 0.457 e. The van der Waals surface area contributed by atoms with E-state index in [4.69, 9.17) is 10.5 Å². The van der Waals surface area contributed by atoms with Gasteiger partial charge in [0.05, 0.1) is 0 Å². The average molecular weight is 474 g/mol. The lowest BCUT2D eigenvalue weighted by atomic mass is 10.2. The summed E-state index contributed by atoms with van der Waals surface area (Å²) < 4.78 is 5.82. The second-order valence-electron chi connectivity index (χ2n) is 5.89. The van der Waals surface area contributed by atoms with Crippen molar-refractivity contribution in [1.29, 1.82) is 0 Å². The molecule has 3 rings (SSSR count). The minimum atomic E-state index is 0. The number of hydrogen-bond acceptors (Lipinski definition) is 3. The molecule has 0 aliphatic rings. The third-order valence-electron chi connectivity index (χ3n) is 3.74. The van der Waals surface area contributed by atoms with Gasteiger partial charge in [-0.05, 0) is 49.2 Å². The molecule has 140 valence electrons. The SMILES string of the molecule is Cc1ccc(CCN=C(N)Nc2cccc(Oc3ccccc3)c2)cn1.I. The molecule has 0 aliphatic heterocycles. The summed E-state index contributed by atoms with van der Waals surface area (Å²) in [4.78, 5) is 8.64. The predicted octanol–water partition coefficient (Wildman–Crippen LogP) is 4.77. The summed E-state index contributed by atoms with van der Waals surface area (Å²) in [5.41, 5.74) is 8.96. The molecule has 27 heavy (non-hydrogen) atoms. The Morgan fingerprint density at radius 1 is 1.04 bits per heavy atom. The Kier molecular flexibility index (Phi) is 8.06. The van der Waals surface area contributed by atoms with Crippen LogP contribution in [0.15, 0.2) is 77.9 Å². The summed E-state index contributed by atoms with van der Waals surface area (Å²) >= 11 is 0. The van der Waals surface area contributed by atoms with Gasteiger partial charge in [0.15, 0.2) is 5.96 Å². The number of nitrogens with one attached hydrogen (secondary N) is 1. The molecule has 6 heteroatoms. The Morgan fingerprint density at radius 2 is 1.81 bits per heavy atom. The van der Waals surface area contributed by atoms with E-state index in [1.165, 1.54) is 0 Å². The van der Waals surface area contributed by atoms with E-state index in [9.17, 15) is 0 Å². The molecule has 0 unspecified atom stereocenters. The highest BCUT2D eigenvalue weighted by Crippen LogP contribution is 2.23. The van der Waals surface area contributed by atoms with E-state index in [1.807, 2.05) is 73.8 Å². The molecule has 0 aliphatic carbocycles. The summed E-state index contributed by atoms with van der Waals surface area (Å²) in [6.45, 7) is 2.57. The molecule has 0 saturated heterocycles. The second kappa shape index (κ2) is 10.5. The quantitative estimate of drug-likeness (QED) is 0.307. The maximum atomic E-state index is 5.98. The van der Waals surface area contributed by atoms with Crippen LogP contribution in [-0.4, -0.2) is 17.5 Å². The molecule has 2 aromatic carbocycles. The van der Waals surface area contributed by atoms with Crippen molar-refractivity contribution in [2.24, 2.45) is 10.7 Å². The van der Waals surface area contributed by atoms with E-state index in [0.29, 0.717) is 12.5 Å². The van der Waals surface area contributed by atoms with Crippen LogP contribution in [0, 0.1) is 6.92 Å². The van der Waals surface area contributed by atoms with Gasteiger partial charge < -0.3 is 15.8 Å². The van der Waals surface area contributed by atoms with Crippen molar-refractivity contribution in [2.45, 2.75) is 13.3 Å². The van der Waals surface area contributed by atoms with Gasteiger partial charge >= 0.3 is 0 Å². The van der Waals surface area contributed by atoms with Gasteiger partial charge in [-0.2, -0.15) is 0 Å². The number of halogens is 1. The summed E-state index contributed by atoms with van der Waals surface area (Å²) in [5.74, 6) is 1.90. The smallest absolute Gasteiger partial charge is 0.193 e. The van der Waals surface area contributed by atoms with Crippen molar-refractivity contribution in [1.82, 2.24) is 4.98 Å². The number of aryl methyl sites for hydroxylation is 1. The van der Waals surface area contributed by atoms with E-state index in [1.54, 1.807) is 0 Å². The molecular weight excluding hydrogens is 451 g/mol. The van der Waals surface area contributed by atoms with Crippen LogP contribution in [0.5, 0.6) is 11.5 Å². The van der Waals surface area contributed by atoms with Crippen molar-refractivity contribution in [3.63, 3.8) is 0 Å². The van der Waals surface area contributed by atoms with Gasteiger partial charge in [0.25, 0.3) is 0 Å². The number of guanidine groups is 1. The molecule has 0 bridgehead atoms. The molecule has 0 fully saturated rings. The van der Waals surface area contributed by atoms with Crippen molar-refractivity contribution in [2.75, 3.05) is 11.9 Å². The highest BCUT2D eigenvalue weighted by molar-refractivity contribution is 14.0. The normalized spacial score (nSPS) is 10.8. The fourth-order valence-electron chi connectivity index (χ4n) is 2.40. The average Bonchev–Trinajstić information content (AvgIpc) is 2.64. The monoisotopic (exact) mass is 474 g/mol. The van der Waals surface area contributed by atoms with Crippen molar-refractivity contribution < 1.29 is 4.74 Å². The van der Waals surface area contributed by atoms with Crippen LogP contribution in [0.2, 0.25) is 0 Å². The molecule has 3 aromatic rings. The van der Waals surface area contributed by atoms with Gasteiger partial charge in [0, 0.05) is 30.2 Å². The summed E-state index contributed by atoms with van der Waals surface area (Å²) in [6.07, 6.45) is 2.67. The van der Waals surface area contributed by atoms with E-state index >= 15 is 0 Å². The van der Waals surface area contributed by atoms with Gasteiger partial charge in [-0.25, -0.2) is 0 Å². The van der Waals surface area contributed by atoms with Gasteiger partial charge in [0.1, 0.15) is 11.5 Å². The first-order chi connectivity index (χ1) is 12.7. The lowest BCUT2D eigenvalue weighted by Crippen LogP contribution is -2.23. The van der Waals surface area contributed by atoms with Crippen LogP contribution >= 0.6 is 24.0 Å². The van der Waals surface area contributed by atoms with Crippen molar-refractivity contribution in [3.8, 4) is 11.5 Å².